The van der Waals surface area contributed by atoms with E-state index in [1.807, 2.05) is 6.07 Å². The molecule has 0 amide bonds. The fourth-order valence-corrected chi connectivity index (χ4v) is 1.65. The molecule has 1 aromatic rings. The van der Waals surface area contributed by atoms with Gasteiger partial charge in [-0.3, -0.25) is 0 Å². The molecule has 86 valence electrons. The maximum atomic E-state index is 8.70. The van der Waals surface area contributed by atoms with E-state index in [1.165, 1.54) is 0 Å². The lowest BCUT2D eigenvalue weighted by atomic mass is 10.1. The van der Waals surface area contributed by atoms with Crippen molar-refractivity contribution in [3.05, 3.63) is 28.8 Å². The van der Waals surface area contributed by atoms with Gasteiger partial charge in [0, 0.05) is 0 Å². The van der Waals surface area contributed by atoms with Crippen LogP contribution in [0.5, 0.6) is 5.75 Å². The van der Waals surface area contributed by atoms with Gasteiger partial charge in [-0.25, -0.2) is 0 Å². The average molecular weight is 238 g/mol. The van der Waals surface area contributed by atoms with Gasteiger partial charge in [-0.05, 0) is 24.1 Å². The molecule has 0 atom stereocenters. The average Bonchev–Trinajstić information content (AvgIpc) is 2.32. The molecule has 0 aliphatic carbocycles. The van der Waals surface area contributed by atoms with Crippen molar-refractivity contribution in [2.75, 3.05) is 6.61 Å². The van der Waals surface area contributed by atoms with Gasteiger partial charge < -0.3 is 4.74 Å². The van der Waals surface area contributed by atoms with E-state index in [4.69, 9.17) is 21.6 Å². The Hall–Kier alpha value is -1.20. The molecule has 2 nitrogen and oxygen atoms in total. The number of hydrogen-bond acceptors (Lipinski definition) is 2. The molecular weight excluding hydrogens is 222 g/mol. The Labute approximate surface area is 102 Å². The van der Waals surface area contributed by atoms with E-state index in [0.717, 1.165) is 12.8 Å². The summed E-state index contributed by atoms with van der Waals surface area (Å²) < 4.78 is 5.64. The second kappa shape index (κ2) is 6.40. The minimum Gasteiger partial charge on any atom is -0.492 e. The van der Waals surface area contributed by atoms with Crippen LogP contribution in [0.1, 0.15) is 32.3 Å². The Morgan fingerprint density at radius 2 is 2.06 bits per heavy atom. The van der Waals surface area contributed by atoms with E-state index in [9.17, 15) is 0 Å². The van der Waals surface area contributed by atoms with Crippen molar-refractivity contribution in [1.82, 2.24) is 0 Å². The highest BCUT2D eigenvalue weighted by Gasteiger charge is 2.07. The zero-order valence-electron chi connectivity index (χ0n) is 9.66. The lowest BCUT2D eigenvalue weighted by Gasteiger charge is -2.14. The molecule has 16 heavy (non-hydrogen) atoms. The molecule has 0 spiro atoms. The second-order valence-corrected chi connectivity index (χ2v) is 4.16. The Bertz CT molecular complexity index is 380. The Balaban J connectivity index is 2.65. The number of nitriles is 1. The summed E-state index contributed by atoms with van der Waals surface area (Å²) in [6.45, 7) is 4.98. The van der Waals surface area contributed by atoms with Crippen LogP contribution >= 0.6 is 11.6 Å². The molecular formula is C13H16ClNO. The summed E-state index contributed by atoms with van der Waals surface area (Å²) in [7, 11) is 0. The topological polar surface area (TPSA) is 33.0 Å². The highest BCUT2D eigenvalue weighted by Crippen LogP contribution is 2.26. The number of rotatable bonds is 5. The molecule has 3 heteroatoms. The number of halogens is 1. The van der Waals surface area contributed by atoms with E-state index in [2.05, 4.69) is 13.8 Å². The van der Waals surface area contributed by atoms with Crippen LogP contribution in [0.3, 0.4) is 0 Å². The first-order chi connectivity index (χ1) is 7.71. The van der Waals surface area contributed by atoms with Crippen LogP contribution in [0.2, 0.25) is 5.02 Å². The first kappa shape index (κ1) is 12.9. The third-order valence-electron chi connectivity index (χ3n) is 2.69. The monoisotopic (exact) mass is 237 g/mol. The van der Waals surface area contributed by atoms with Gasteiger partial charge in [-0.15, -0.1) is 0 Å². The lowest BCUT2D eigenvalue weighted by molar-refractivity contribution is 0.241. The van der Waals surface area contributed by atoms with Gasteiger partial charge in [0.1, 0.15) is 5.75 Å². The third kappa shape index (κ3) is 3.43. The molecule has 1 rings (SSSR count). The molecule has 0 heterocycles. The zero-order valence-corrected chi connectivity index (χ0v) is 10.4. The minimum absolute atomic E-state index is 0.505. The Morgan fingerprint density at radius 1 is 1.38 bits per heavy atom. The van der Waals surface area contributed by atoms with Crippen LogP contribution in [0, 0.1) is 17.2 Å². The highest BCUT2D eigenvalue weighted by molar-refractivity contribution is 6.32. The maximum absolute atomic E-state index is 8.70. The van der Waals surface area contributed by atoms with E-state index in [0.29, 0.717) is 28.9 Å². The highest BCUT2D eigenvalue weighted by atomic mass is 35.5. The quantitative estimate of drug-likeness (QED) is 0.775. The Morgan fingerprint density at radius 3 is 2.56 bits per heavy atom. The molecule has 1 aromatic carbocycles. The summed E-state index contributed by atoms with van der Waals surface area (Å²) in [6.07, 6.45) is 2.20. The fourth-order valence-electron chi connectivity index (χ4n) is 1.42. The number of ether oxygens (including phenoxy) is 1. The molecule has 0 aliphatic heterocycles. The molecule has 0 N–H and O–H groups in total. The van der Waals surface area contributed by atoms with Crippen molar-refractivity contribution in [1.29, 1.82) is 5.26 Å². The molecule has 0 saturated carbocycles. The Kier molecular flexibility index (Phi) is 5.14. The largest absolute Gasteiger partial charge is 0.492 e. The maximum Gasteiger partial charge on any atom is 0.137 e. The summed E-state index contributed by atoms with van der Waals surface area (Å²) in [5, 5.41) is 9.20. The molecule has 0 radical (unpaired) electrons. The molecule has 0 aromatic heterocycles. The first-order valence-corrected chi connectivity index (χ1v) is 5.91. The molecule has 0 aliphatic rings. The van der Waals surface area contributed by atoms with E-state index in [1.54, 1.807) is 18.2 Å². The van der Waals surface area contributed by atoms with Crippen molar-refractivity contribution in [2.45, 2.75) is 26.7 Å². The van der Waals surface area contributed by atoms with Crippen molar-refractivity contribution in [3.8, 4) is 11.8 Å². The van der Waals surface area contributed by atoms with Gasteiger partial charge in [0.15, 0.2) is 0 Å². The number of benzene rings is 1. The normalized spacial score (nSPS) is 10.2. The fraction of sp³-hybridized carbons (Fsp3) is 0.462. The van der Waals surface area contributed by atoms with E-state index < -0.39 is 0 Å². The van der Waals surface area contributed by atoms with Crippen LogP contribution in [0.15, 0.2) is 18.2 Å². The lowest BCUT2D eigenvalue weighted by Crippen LogP contribution is -2.10. The number of nitrogens with zero attached hydrogens (tertiary/aromatic N) is 1. The minimum atomic E-state index is 0.505. The van der Waals surface area contributed by atoms with E-state index >= 15 is 0 Å². The smallest absolute Gasteiger partial charge is 0.137 e. The van der Waals surface area contributed by atoms with Crippen LogP contribution in [0.25, 0.3) is 0 Å². The van der Waals surface area contributed by atoms with Crippen molar-refractivity contribution in [2.24, 2.45) is 5.92 Å². The van der Waals surface area contributed by atoms with Crippen molar-refractivity contribution in [3.63, 3.8) is 0 Å². The van der Waals surface area contributed by atoms with Crippen LogP contribution < -0.4 is 4.74 Å². The second-order valence-electron chi connectivity index (χ2n) is 3.75. The predicted octanol–water partition coefficient (Wildman–Crippen LogP) is 4.03. The van der Waals surface area contributed by atoms with Crippen LogP contribution in [-0.4, -0.2) is 6.61 Å². The standard InChI is InChI=1S/C13H16ClNO/c1-3-10(4-2)9-16-13-6-5-11(8-15)7-12(13)14/h5-7,10H,3-4,9H2,1-2H3. The molecule has 0 saturated heterocycles. The molecule has 0 unspecified atom stereocenters. The summed E-state index contributed by atoms with van der Waals surface area (Å²) in [5.74, 6) is 1.22. The zero-order chi connectivity index (χ0) is 12.0. The van der Waals surface area contributed by atoms with Gasteiger partial charge in [0.25, 0.3) is 0 Å². The van der Waals surface area contributed by atoms with Crippen LogP contribution in [-0.2, 0) is 0 Å². The molecule has 0 bridgehead atoms. The van der Waals surface area contributed by atoms with E-state index in [-0.39, 0.29) is 0 Å². The van der Waals surface area contributed by atoms with Crippen LogP contribution in [0.4, 0.5) is 0 Å². The summed E-state index contributed by atoms with van der Waals surface area (Å²) in [4.78, 5) is 0. The number of hydrogen-bond donors (Lipinski definition) is 0. The van der Waals surface area contributed by atoms with Gasteiger partial charge in [0.05, 0.1) is 23.3 Å². The summed E-state index contributed by atoms with van der Waals surface area (Å²) >= 11 is 6.00. The predicted molar refractivity (Wildman–Crippen MR) is 65.7 cm³/mol. The van der Waals surface area contributed by atoms with Crippen molar-refractivity contribution >= 4 is 11.6 Å². The SMILES string of the molecule is CCC(CC)COc1ccc(C#N)cc1Cl. The van der Waals surface area contributed by atoms with Gasteiger partial charge in [0.2, 0.25) is 0 Å². The van der Waals surface area contributed by atoms with Crippen molar-refractivity contribution < 1.29 is 4.74 Å². The van der Waals surface area contributed by atoms with Gasteiger partial charge in [-0.1, -0.05) is 38.3 Å². The summed E-state index contributed by atoms with van der Waals surface area (Å²) in [6, 6.07) is 7.14. The molecule has 0 fully saturated rings. The summed E-state index contributed by atoms with van der Waals surface area (Å²) in [5.41, 5.74) is 0.555. The van der Waals surface area contributed by atoms with Gasteiger partial charge >= 0.3 is 0 Å². The van der Waals surface area contributed by atoms with Gasteiger partial charge in [-0.2, -0.15) is 5.26 Å². The third-order valence-corrected chi connectivity index (χ3v) is 2.99. The first-order valence-electron chi connectivity index (χ1n) is 5.53.